The number of nitrogens with zero attached hydrogens (tertiary/aromatic N) is 3. The van der Waals surface area contributed by atoms with Gasteiger partial charge in [-0.1, -0.05) is 186 Å². The van der Waals surface area contributed by atoms with Gasteiger partial charge < -0.3 is 14.3 Å². The maximum absolute atomic E-state index is 2.84. The molecule has 8 aromatic carbocycles. The van der Waals surface area contributed by atoms with E-state index in [2.05, 4.69) is 269 Å². The van der Waals surface area contributed by atoms with Gasteiger partial charge in [-0.2, -0.15) is 0 Å². The van der Waals surface area contributed by atoms with Gasteiger partial charge in [0, 0.05) is 67.3 Å². The minimum Gasteiger partial charge on any atom is -0.378 e. The largest absolute Gasteiger partial charge is 0.378 e. The third-order valence-electron chi connectivity index (χ3n) is 18.2. The van der Waals surface area contributed by atoms with E-state index in [9.17, 15) is 0 Å². The Hall–Kier alpha value is -7.04. The average Bonchev–Trinajstić information content (AvgIpc) is 3.84. The van der Waals surface area contributed by atoms with Crippen molar-refractivity contribution in [2.24, 2.45) is 0 Å². The summed E-state index contributed by atoms with van der Waals surface area (Å²) in [4.78, 5) is 5.20. The highest BCUT2D eigenvalue weighted by molar-refractivity contribution is 6.89. The minimum atomic E-state index is -0.280. The average molecular weight is 978 g/mol. The fraction of sp³-hybridized carbons (Fsp3) is 0.296. The van der Waals surface area contributed by atoms with Crippen molar-refractivity contribution in [2.45, 2.75) is 137 Å². The first-order valence-corrected chi connectivity index (χ1v) is 27.7. The van der Waals surface area contributed by atoms with Crippen molar-refractivity contribution in [3.05, 3.63) is 202 Å². The second-order valence-corrected chi connectivity index (χ2v) is 26.7. The number of fused-ring (bicyclic) bond motifs is 10. The lowest BCUT2D eigenvalue weighted by molar-refractivity contribution is 0.332. The molecule has 2 aliphatic carbocycles. The Labute approximate surface area is 447 Å². The van der Waals surface area contributed by atoms with Crippen molar-refractivity contribution in [2.75, 3.05) is 9.80 Å². The highest BCUT2D eigenvalue weighted by Gasteiger charge is 2.50. The van der Waals surface area contributed by atoms with Crippen LogP contribution in [0.15, 0.2) is 158 Å². The lowest BCUT2D eigenvalue weighted by atomic mass is 9.44. The van der Waals surface area contributed by atoms with Crippen molar-refractivity contribution in [1.29, 1.82) is 0 Å². The van der Waals surface area contributed by atoms with Crippen molar-refractivity contribution in [1.82, 2.24) is 4.48 Å². The molecule has 2 aliphatic heterocycles. The normalized spacial score (nSPS) is 16.3. The highest BCUT2D eigenvalue weighted by Crippen LogP contribution is 2.58. The molecule has 0 spiro atoms. The summed E-state index contributed by atoms with van der Waals surface area (Å²) in [5.41, 5.74) is 30.0. The van der Waals surface area contributed by atoms with E-state index in [1.807, 2.05) is 0 Å². The summed E-state index contributed by atoms with van der Waals surface area (Å²) >= 11 is 0. The number of aryl methyl sites for hydroxylation is 2. The monoisotopic (exact) mass is 978 g/mol. The zero-order valence-electron chi connectivity index (χ0n) is 46.8. The molecule has 0 atom stereocenters. The summed E-state index contributed by atoms with van der Waals surface area (Å²) in [6.07, 6.45) is 2.35. The van der Waals surface area contributed by atoms with Gasteiger partial charge >= 0.3 is 6.85 Å². The molecule has 4 aliphatic rings. The fourth-order valence-corrected chi connectivity index (χ4v) is 14.0. The summed E-state index contributed by atoms with van der Waals surface area (Å²) in [5.74, 6) is 0. The van der Waals surface area contributed by atoms with Gasteiger partial charge in [-0.15, -0.1) is 0 Å². The topological polar surface area (TPSA) is 11.4 Å². The van der Waals surface area contributed by atoms with Crippen molar-refractivity contribution < 1.29 is 0 Å². The van der Waals surface area contributed by atoms with Gasteiger partial charge in [0.1, 0.15) is 0 Å². The molecule has 9 aromatic rings. The van der Waals surface area contributed by atoms with Crippen LogP contribution in [-0.2, 0) is 27.1 Å². The van der Waals surface area contributed by atoms with Gasteiger partial charge in [0.25, 0.3) is 0 Å². The standard InChI is InChI=1S/C71H72BN3/c1-43-36-53-54-40-51(73(49-29-25-47(26-30-49)67(3,4)5)50-31-27-48(28-32-50)68(6,7)8)41-55-63-52-22-18-19-23-56(52)71(13,14)66(63)75(65(54)55)72-59-39-46(45-20-16-15-17-21-45)24-33-60(59)74(62(37-43)64(53)72)61-42-58-57(38-44(61)2)69(9,10)34-35-70(58,11)12/h15-33,36-42H,34-35H2,1-14H3. The predicted molar refractivity (Wildman–Crippen MR) is 322 cm³/mol. The van der Waals surface area contributed by atoms with Gasteiger partial charge in [0.05, 0.1) is 0 Å². The first-order valence-electron chi connectivity index (χ1n) is 27.7. The van der Waals surface area contributed by atoms with Crippen LogP contribution in [0.25, 0.3) is 44.3 Å². The summed E-state index contributed by atoms with van der Waals surface area (Å²) in [6, 6.07) is 61.6. The van der Waals surface area contributed by atoms with E-state index < -0.39 is 0 Å². The fourth-order valence-electron chi connectivity index (χ4n) is 14.0. The van der Waals surface area contributed by atoms with E-state index in [0.29, 0.717) is 0 Å². The van der Waals surface area contributed by atoms with Gasteiger partial charge in [0.15, 0.2) is 0 Å². The molecular formula is C71H72BN3. The van der Waals surface area contributed by atoms with Crippen LogP contribution in [0.4, 0.5) is 34.1 Å². The number of rotatable bonds is 5. The summed E-state index contributed by atoms with van der Waals surface area (Å²) in [5, 5.41) is 1.31. The summed E-state index contributed by atoms with van der Waals surface area (Å²) in [7, 11) is 0. The third kappa shape index (κ3) is 7.07. The second kappa shape index (κ2) is 16.0. The van der Waals surface area contributed by atoms with E-state index in [4.69, 9.17) is 0 Å². The van der Waals surface area contributed by atoms with E-state index in [1.165, 1.54) is 130 Å². The molecule has 0 fully saturated rings. The summed E-state index contributed by atoms with van der Waals surface area (Å²) < 4.78 is 2.84. The van der Waals surface area contributed by atoms with Gasteiger partial charge in [-0.05, 0) is 175 Å². The zero-order chi connectivity index (χ0) is 52.5. The Morgan fingerprint density at radius 1 is 0.493 bits per heavy atom. The Morgan fingerprint density at radius 2 is 1.09 bits per heavy atom. The molecule has 0 saturated carbocycles. The quantitative estimate of drug-likeness (QED) is 0.159. The molecule has 4 heteroatoms. The van der Waals surface area contributed by atoms with Gasteiger partial charge in [0.2, 0.25) is 0 Å². The molecule has 75 heavy (non-hydrogen) atoms. The third-order valence-corrected chi connectivity index (χ3v) is 18.2. The zero-order valence-corrected chi connectivity index (χ0v) is 46.8. The molecule has 3 heterocycles. The SMILES string of the molecule is Cc1cc2c3c(c1)N(c1cc4c(cc1C)C(C)(C)CCC4(C)C)c1ccc(-c4ccccc4)cc1B3n1c3c(c4cc(N(c5ccc(C(C)(C)C)cc5)c5ccc(C(C)(C)C)cc5)cc-2c41)-c1ccccc1C3(C)C. The number of hydrogen-bond acceptors (Lipinski definition) is 2. The van der Waals surface area contributed by atoms with Crippen molar-refractivity contribution in [3.63, 3.8) is 0 Å². The number of aromatic nitrogens is 1. The smallest absolute Gasteiger partial charge is 0.332 e. The Morgan fingerprint density at radius 3 is 1.72 bits per heavy atom. The van der Waals surface area contributed by atoms with E-state index in [0.717, 1.165) is 17.1 Å². The maximum atomic E-state index is 2.84. The molecule has 0 amide bonds. The molecule has 374 valence electrons. The second-order valence-electron chi connectivity index (χ2n) is 26.7. The van der Waals surface area contributed by atoms with Crippen LogP contribution in [0.5, 0.6) is 0 Å². The Balaban J connectivity index is 1.15. The van der Waals surface area contributed by atoms with Crippen LogP contribution in [0.1, 0.15) is 141 Å². The van der Waals surface area contributed by atoms with Crippen molar-refractivity contribution in [3.8, 4) is 33.4 Å². The Bertz CT molecular complexity index is 3780. The molecule has 0 N–H and O–H groups in total. The molecule has 0 bridgehead atoms. The molecule has 1 aromatic heterocycles. The van der Waals surface area contributed by atoms with Crippen molar-refractivity contribution >= 4 is 62.8 Å². The minimum absolute atomic E-state index is 0.0318. The summed E-state index contributed by atoms with van der Waals surface area (Å²) in [6.45, 7) is 33.2. The molecule has 0 radical (unpaired) electrons. The number of benzene rings is 8. The molecular weight excluding hydrogens is 906 g/mol. The highest BCUT2D eigenvalue weighted by atomic mass is 15.2. The lowest BCUT2D eigenvalue weighted by Gasteiger charge is -2.45. The first kappa shape index (κ1) is 47.7. The molecule has 13 rings (SSSR count). The molecule has 0 saturated heterocycles. The van der Waals surface area contributed by atoms with E-state index >= 15 is 0 Å². The number of anilines is 6. The van der Waals surface area contributed by atoms with Gasteiger partial charge in [-0.25, -0.2) is 0 Å². The van der Waals surface area contributed by atoms with Crippen LogP contribution >= 0.6 is 0 Å². The predicted octanol–water partition coefficient (Wildman–Crippen LogP) is 18.1. The van der Waals surface area contributed by atoms with Crippen LogP contribution in [0.3, 0.4) is 0 Å². The van der Waals surface area contributed by atoms with Gasteiger partial charge in [-0.3, -0.25) is 0 Å². The molecule has 0 unspecified atom stereocenters. The lowest BCUT2D eigenvalue weighted by Crippen LogP contribution is -2.57. The van der Waals surface area contributed by atoms with Crippen LogP contribution in [-0.4, -0.2) is 11.3 Å². The van der Waals surface area contributed by atoms with Crippen LogP contribution in [0, 0.1) is 13.8 Å². The van der Waals surface area contributed by atoms with Crippen LogP contribution in [0.2, 0.25) is 0 Å². The first-order chi connectivity index (χ1) is 35.5. The molecule has 3 nitrogen and oxygen atoms in total. The Kier molecular flexibility index (Phi) is 10.2. The van der Waals surface area contributed by atoms with E-state index in [1.54, 1.807) is 0 Å². The maximum Gasteiger partial charge on any atom is 0.332 e. The number of hydrogen-bond donors (Lipinski definition) is 0. The van der Waals surface area contributed by atoms with Crippen LogP contribution < -0.4 is 20.7 Å². The van der Waals surface area contributed by atoms with E-state index in [-0.39, 0.29) is 33.9 Å².